The van der Waals surface area contributed by atoms with Gasteiger partial charge in [0.05, 0.1) is 32.0 Å². The van der Waals surface area contributed by atoms with E-state index in [1.54, 1.807) is 17.6 Å². The van der Waals surface area contributed by atoms with Gasteiger partial charge in [-0.05, 0) is 61.0 Å². The summed E-state index contributed by atoms with van der Waals surface area (Å²) in [4.78, 5) is 18.8. The molecule has 0 spiro atoms. The second-order valence-electron chi connectivity index (χ2n) is 7.55. The van der Waals surface area contributed by atoms with E-state index in [2.05, 4.69) is 34.5 Å². The average molecular weight is 425 g/mol. The van der Waals surface area contributed by atoms with Gasteiger partial charge in [0.15, 0.2) is 0 Å². The average Bonchev–Trinajstić information content (AvgIpc) is 3.52. The summed E-state index contributed by atoms with van der Waals surface area (Å²) in [6, 6.07) is 16.3. The van der Waals surface area contributed by atoms with Crippen LogP contribution < -0.4 is 4.74 Å². The summed E-state index contributed by atoms with van der Waals surface area (Å²) in [6.45, 7) is 5.19. The van der Waals surface area contributed by atoms with E-state index >= 15 is 0 Å². The van der Waals surface area contributed by atoms with Crippen LogP contribution in [-0.2, 0) is 17.9 Å². The smallest absolute Gasteiger partial charge is 0.237 e. The molecule has 1 aromatic carbocycles. The van der Waals surface area contributed by atoms with Gasteiger partial charge in [-0.2, -0.15) is 0 Å². The summed E-state index contributed by atoms with van der Waals surface area (Å²) in [5.74, 6) is 1.93. The number of amides is 1. The fourth-order valence-corrected chi connectivity index (χ4v) is 4.81. The highest BCUT2D eigenvalue weighted by Crippen LogP contribution is 2.33. The van der Waals surface area contributed by atoms with E-state index in [9.17, 15) is 4.79 Å². The van der Waals surface area contributed by atoms with Gasteiger partial charge in [0.1, 0.15) is 11.5 Å². The SMILES string of the molecule is CCOc1ccc(C2CCCN2C(=O)CN(Cc2ccco2)Cc2cccs2)cc1. The maximum absolute atomic E-state index is 13.3. The minimum Gasteiger partial charge on any atom is -0.494 e. The third kappa shape index (κ3) is 5.12. The van der Waals surface area contributed by atoms with Gasteiger partial charge in [0.2, 0.25) is 5.91 Å². The van der Waals surface area contributed by atoms with Crippen LogP contribution in [0, 0.1) is 0 Å². The molecule has 1 saturated heterocycles. The largest absolute Gasteiger partial charge is 0.494 e. The first-order valence-corrected chi connectivity index (χ1v) is 11.4. The van der Waals surface area contributed by atoms with Crippen molar-refractivity contribution < 1.29 is 13.9 Å². The third-order valence-electron chi connectivity index (χ3n) is 5.43. The molecule has 2 aromatic heterocycles. The van der Waals surface area contributed by atoms with Crippen molar-refractivity contribution in [2.45, 2.75) is 38.9 Å². The lowest BCUT2D eigenvalue weighted by molar-refractivity contribution is -0.133. The first-order valence-electron chi connectivity index (χ1n) is 10.5. The van der Waals surface area contributed by atoms with E-state index in [1.807, 2.05) is 36.1 Å². The predicted octanol–water partition coefficient (Wildman–Crippen LogP) is 5.11. The molecule has 1 atom stereocenters. The zero-order valence-corrected chi connectivity index (χ0v) is 18.1. The molecular weight excluding hydrogens is 396 g/mol. The van der Waals surface area contributed by atoms with Gasteiger partial charge in [-0.1, -0.05) is 18.2 Å². The number of nitrogens with zero attached hydrogens (tertiary/aromatic N) is 2. The van der Waals surface area contributed by atoms with Crippen LogP contribution in [0.4, 0.5) is 0 Å². The van der Waals surface area contributed by atoms with Gasteiger partial charge in [0.25, 0.3) is 0 Å². The topological polar surface area (TPSA) is 45.9 Å². The quantitative estimate of drug-likeness (QED) is 0.479. The lowest BCUT2D eigenvalue weighted by atomic mass is 10.0. The minimum absolute atomic E-state index is 0.139. The molecule has 3 aromatic rings. The van der Waals surface area contributed by atoms with Crippen molar-refractivity contribution in [3.05, 3.63) is 76.4 Å². The van der Waals surface area contributed by atoms with Crippen molar-refractivity contribution in [3.8, 4) is 5.75 Å². The number of thiophene rings is 1. The monoisotopic (exact) mass is 424 g/mol. The van der Waals surface area contributed by atoms with Crippen LogP contribution in [0.3, 0.4) is 0 Å². The van der Waals surface area contributed by atoms with Gasteiger partial charge in [-0.25, -0.2) is 0 Å². The van der Waals surface area contributed by atoms with Gasteiger partial charge in [-0.3, -0.25) is 9.69 Å². The van der Waals surface area contributed by atoms with Crippen molar-refractivity contribution >= 4 is 17.2 Å². The van der Waals surface area contributed by atoms with Crippen LogP contribution in [0.1, 0.15) is 42.0 Å². The molecule has 1 amide bonds. The molecular formula is C24H28N2O3S. The molecule has 1 aliphatic heterocycles. The normalized spacial score (nSPS) is 16.3. The third-order valence-corrected chi connectivity index (χ3v) is 6.29. The van der Waals surface area contributed by atoms with Crippen molar-refractivity contribution in [1.29, 1.82) is 0 Å². The van der Waals surface area contributed by atoms with E-state index in [0.29, 0.717) is 19.7 Å². The van der Waals surface area contributed by atoms with Crippen LogP contribution in [-0.4, -0.2) is 35.4 Å². The van der Waals surface area contributed by atoms with Crippen molar-refractivity contribution in [2.75, 3.05) is 19.7 Å². The zero-order chi connectivity index (χ0) is 20.8. The van der Waals surface area contributed by atoms with Crippen LogP contribution in [0.2, 0.25) is 0 Å². The molecule has 3 heterocycles. The molecule has 1 unspecified atom stereocenters. The predicted molar refractivity (Wildman–Crippen MR) is 118 cm³/mol. The fraction of sp³-hybridized carbons (Fsp3) is 0.375. The van der Waals surface area contributed by atoms with Crippen LogP contribution in [0.15, 0.2) is 64.6 Å². The Hall–Kier alpha value is -2.57. The lowest BCUT2D eigenvalue weighted by Gasteiger charge is -2.28. The summed E-state index contributed by atoms with van der Waals surface area (Å²) in [5.41, 5.74) is 1.18. The molecule has 0 aliphatic carbocycles. The second kappa shape index (κ2) is 9.96. The van der Waals surface area contributed by atoms with Crippen LogP contribution in [0.25, 0.3) is 0 Å². The van der Waals surface area contributed by atoms with E-state index in [4.69, 9.17) is 9.15 Å². The van der Waals surface area contributed by atoms with Crippen molar-refractivity contribution in [2.24, 2.45) is 0 Å². The number of hydrogen-bond acceptors (Lipinski definition) is 5. The Morgan fingerprint density at radius 3 is 2.77 bits per heavy atom. The maximum Gasteiger partial charge on any atom is 0.237 e. The number of benzene rings is 1. The van der Waals surface area contributed by atoms with E-state index in [-0.39, 0.29) is 11.9 Å². The molecule has 0 bridgehead atoms. The van der Waals surface area contributed by atoms with E-state index in [0.717, 1.165) is 37.4 Å². The molecule has 0 N–H and O–H groups in total. The molecule has 158 valence electrons. The summed E-state index contributed by atoms with van der Waals surface area (Å²) in [5, 5.41) is 2.07. The summed E-state index contributed by atoms with van der Waals surface area (Å²) in [7, 11) is 0. The molecule has 5 nitrogen and oxygen atoms in total. The van der Waals surface area contributed by atoms with E-state index in [1.165, 1.54) is 10.4 Å². The maximum atomic E-state index is 13.3. The first-order chi connectivity index (χ1) is 14.7. The van der Waals surface area contributed by atoms with Gasteiger partial charge in [-0.15, -0.1) is 11.3 Å². The highest BCUT2D eigenvalue weighted by Gasteiger charge is 2.31. The van der Waals surface area contributed by atoms with Gasteiger partial charge >= 0.3 is 0 Å². The second-order valence-corrected chi connectivity index (χ2v) is 8.58. The minimum atomic E-state index is 0.139. The number of rotatable bonds is 9. The van der Waals surface area contributed by atoms with Gasteiger partial charge < -0.3 is 14.1 Å². The Labute approximate surface area is 181 Å². The Kier molecular flexibility index (Phi) is 6.87. The number of likely N-dealkylation sites (tertiary alicyclic amines) is 1. The number of carbonyl (C=O) groups is 1. The summed E-state index contributed by atoms with van der Waals surface area (Å²) < 4.78 is 11.1. The number of carbonyl (C=O) groups excluding carboxylic acids is 1. The molecule has 1 aliphatic rings. The Morgan fingerprint density at radius 2 is 2.07 bits per heavy atom. The lowest BCUT2D eigenvalue weighted by Crippen LogP contribution is -2.39. The molecule has 1 fully saturated rings. The number of furan rings is 1. The first kappa shape index (κ1) is 20.7. The van der Waals surface area contributed by atoms with Crippen molar-refractivity contribution in [3.63, 3.8) is 0 Å². The number of ether oxygens (including phenoxy) is 1. The highest BCUT2D eigenvalue weighted by atomic mass is 32.1. The molecule has 30 heavy (non-hydrogen) atoms. The molecule has 0 radical (unpaired) electrons. The molecule has 4 rings (SSSR count). The van der Waals surface area contributed by atoms with Crippen molar-refractivity contribution in [1.82, 2.24) is 9.80 Å². The van der Waals surface area contributed by atoms with Gasteiger partial charge in [0, 0.05) is 18.0 Å². The summed E-state index contributed by atoms with van der Waals surface area (Å²) >= 11 is 1.72. The van der Waals surface area contributed by atoms with Crippen LogP contribution in [0.5, 0.6) is 5.75 Å². The molecule has 0 saturated carbocycles. The Balaban J connectivity index is 1.45. The summed E-state index contributed by atoms with van der Waals surface area (Å²) in [6.07, 6.45) is 3.72. The fourth-order valence-electron chi connectivity index (χ4n) is 4.06. The standard InChI is InChI=1S/C24H28N2O3S/c1-2-28-20-11-9-19(10-12-20)23-8-3-13-26(23)24(27)18-25(16-21-6-4-14-29-21)17-22-7-5-15-30-22/h4-7,9-12,14-15,23H,2-3,8,13,16-18H2,1H3. The Bertz CT molecular complexity index is 870. The molecule has 6 heteroatoms. The van der Waals surface area contributed by atoms with Crippen LogP contribution >= 0.6 is 11.3 Å². The Morgan fingerprint density at radius 1 is 1.20 bits per heavy atom. The zero-order valence-electron chi connectivity index (χ0n) is 17.3. The number of hydrogen-bond donors (Lipinski definition) is 0. The highest BCUT2D eigenvalue weighted by molar-refractivity contribution is 7.09. The van der Waals surface area contributed by atoms with E-state index < -0.39 is 0 Å².